The molecule has 0 aromatic carbocycles. The zero-order valence-electron chi connectivity index (χ0n) is 10.8. The topological polar surface area (TPSA) is 36.4 Å². The predicted molar refractivity (Wildman–Crippen MR) is 71.8 cm³/mol. The Hall–Kier alpha value is -1.13. The summed E-state index contributed by atoms with van der Waals surface area (Å²) in [5.74, 6) is 0.502. The van der Waals surface area contributed by atoms with E-state index in [-0.39, 0.29) is 11.1 Å². The second-order valence-corrected chi connectivity index (χ2v) is 5.30. The fourth-order valence-electron chi connectivity index (χ4n) is 2.40. The summed E-state index contributed by atoms with van der Waals surface area (Å²) in [5, 5.41) is 0.276. The highest BCUT2D eigenvalue weighted by atomic mass is 35.5. The minimum atomic E-state index is -0.0531. The smallest absolute Gasteiger partial charge is 0.256 e. The SMILES string of the molecule is CN1CCC(CN(C)C(=O)c2cccnc2Cl)C1. The van der Waals surface area contributed by atoms with Crippen molar-refractivity contribution < 1.29 is 4.79 Å². The summed E-state index contributed by atoms with van der Waals surface area (Å²) in [5.41, 5.74) is 0.480. The molecule has 1 amide bonds. The lowest BCUT2D eigenvalue weighted by atomic mass is 10.1. The number of hydrogen-bond donors (Lipinski definition) is 0. The van der Waals surface area contributed by atoms with E-state index in [2.05, 4.69) is 16.9 Å². The Labute approximate surface area is 113 Å². The first kappa shape index (κ1) is 13.3. The Kier molecular flexibility index (Phi) is 4.19. The lowest BCUT2D eigenvalue weighted by Gasteiger charge is -2.21. The third-order valence-electron chi connectivity index (χ3n) is 3.36. The molecule has 18 heavy (non-hydrogen) atoms. The van der Waals surface area contributed by atoms with Gasteiger partial charge >= 0.3 is 0 Å². The van der Waals surface area contributed by atoms with E-state index in [1.807, 2.05) is 7.05 Å². The van der Waals surface area contributed by atoms with Crippen molar-refractivity contribution in [1.82, 2.24) is 14.8 Å². The molecule has 2 rings (SSSR count). The van der Waals surface area contributed by atoms with Gasteiger partial charge in [-0.15, -0.1) is 0 Å². The predicted octanol–water partition coefficient (Wildman–Crippen LogP) is 1.76. The second kappa shape index (κ2) is 5.67. The van der Waals surface area contributed by atoms with Crippen LogP contribution in [0.15, 0.2) is 18.3 Å². The van der Waals surface area contributed by atoms with Crippen LogP contribution in [0.3, 0.4) is 0 Å². The van der Waals surface area contributed by atoms with Gasteiger partial charge in [0.25, 0.3) is 5.91 Å². The number of amides is 1. The number of carbonyl (C=O) groups is 1. The van der Waals surface area contributed by atoms with Gasteiger partial charge < -0.3 is 9.80 Å². The Morgan fingerprint density at radius 3 is 3.06 bits per heavy atom. The zero-order chi connectivity index (χ0) is 13.1. The molecule has 1 unspecified atom stereocenters. The summed E-state index contributed by atoms with van der Waals surface area (Å²) in [7, 11) is 3.93. The fraction of sp³-hybridized carbons (Fsp3) is 0.538. The highest BCUT2D eigenvalue weighted by Gasteiger charge is 2.23. The van der Waals surface area contributed by atoms with E-state index in [9.17, 15) is 4.79 Å². The van der Waals surface area contributed by atoms with Gasteiger partial charge in [-0.3, -0.25) is 4.79 Å². The van der Waals surface area contributed by atoms with Gasteiger partial charge in [-0.1, -0.05) is 11.6 Å². The number of nitrogens with zero attached hydrogens (tertiary/aromatic N) is 3. The normalized spacial score (nSPS) is 20.1. The van der Waals surface area contributed by atoms with Gasteiger partial charge in [0, 0.05) is 26.3 Å². The van der Waals surface area contributed by atoms with Gasteiger partial charge in [0.1, 0.15) is 5.15 Å². The van der Waals surface area contributed by atoms with Crippen molar-refractivity contribution in [2.24, 2.45) is 5.92 Å². The number of likely N-dealkylation sites (tertiary alicyclic amines) is 1. The monoisotopic (exact) mass is 267 g/mol. The summed E-state index contributed by atoms with van der Waals surface area (Å²) in [6.45, 7) is 2.94. The van der Waals surface area contributed by atoms with Crippen molar-refractivity contribution in [3.8, 4) is 0 Å². The molecule has 1 aromatic heterocycles. The molecule has 1 aromatic rings. The lowest BCUT2D eigenvalue weighted by Crippen LogP contribution is -2.33. The van der Waals surface area contributed by atoms with Crippen molar-refractivity contribution in [3.05, 3.63) is 29.0 Å². The minimum Gasteiger partial charge on any atom is -0.341 e. The second-order valence-electron chi connectivity index (χ2n) is 4.94. The molecule has 4 nitrogen and oxygen atoms in total. The van der Waals surface area contributed by atoms with Crippen LogP contribution in [0.2, 0.25) is 5.15 Å². The van der Waals surface area contributed by atoms with E-state index >= 15 is 0 Å². The molecule has 1 aliphatic rings. The first-order chi connectivity index (χ1) is 8.58. The summed E-state index contributed by atoms with van der Waals surface area (Å²) < 4.78 is 0. The molecule has 1 aliphatic heterocycles. The van der Waals surface area contributed by atoms with Crippen LogP contribution in [0.4, 0.5) is 0 Å². The van der Waals surface area contributed by atoms with Crippen LogP contribution < -0.4 is 0 Å². The average molecular weight is 268 g/mol. The van der Waals surface area contributed by atoms with E-state index in [4.69, 9.17) is 11.6 Å². The van der Waals surface area contributed by atoms with Gasteiger partial charge in [-0.2, -0.15) is 0 Å². The van der Waals surface area contributed by atoms with E-state index in [0.717, 1.165) is 26.1 Å². The highest BCUT2D eigenvalue weighted by molar-refractivity contribution is 6.32. The van der Waals surface area contributed by atoms with E-state index in [0.29, 0.717) is 11.5 Å². The van der Waals surface area contributed by atoms with Gasteiger partial charge in [0.15, 0.2) is 0 Å². The number of hydrogen-bond acceptors (Lipinski definition) is 3. The van der Waals surface area contributed by atoms with E-state index in [1.165, 1.54) is 0 Å². The van der Waals surface area contributed by atoms with Crippen LogP contribution >= 0.6 is 11.6 Å². The van der Waals surface area contributed by atoms with E-state index < -0.39 is 0 Å². The first-order valence-electron chi connectivity index (χ1n) is 6.12. The maximum absolute atomic E-state index is 12.2. The van der Waals surface area contributed by atoms with Crippen molar-refractivity contribution in [2.45, 2.75) is 6.42 Å². The number of carbonyl (C=O) groups excluding carboxylic acids is 1. The third-order valence-corrected chi connectivity index (χ3v) is 3.66. The molecule has 1 atom stereocenters. The Morgan fingerprint density at radius 1 is 1.67 bits per heavy atom. The van der Waals surface area contributed by atoms with Crippen LogP contribution in [0.25, 0.3) is 0 Å². The molecule has 0 radical (unpaired) electrons. The van der Waals surface area contributed by atoms with Crippen molar-refractivity contribution in [2.75, 3.05) is 33.7 Å². The molecular weight excluding hydrogens is 250 g/mol. The molecular formula is C13H18ClN3O. The largest absolute Gasteiger partial charge is 0.341 e. The number of rotatable bonds is 3. The van der Waals surface area contributed by atoms with Crippen molar-refractivity contribution >= 4 is 17.5 Å². The van der Waals surface area contributed by atoms with Gasteiger partial charge in [0.05, 0.1) is 5.56 Å². The molecule has 0 bridgehead atoms. The Morgan fingerprint density at radius 2 is 2.44 bits per heavy atom. The number of aromatic nitrogens is 1. The summed E-state index contributed by atoms with van der Waals surface area (Å²) in [6.07, 6.45) is 2.74. The summed E-state index contributed by atoms with van der Waals surface area (Å²) in [6, 6.07) is 3.45. The molecule has 0 N–H and O–H groups in total. The molecule has 5 heteroatoms. The lowest BCUT2D eigenvalue weighted by molar-refractivity contribution is 0.0774. The van der Waals surface area contributed by atoms with Crippen LogP contribution in [-0.2, 0) is 0 Å². The average Bonchev–Trinajstić information content (AvgIpc) is 2.74. The number of pyridine rings is 1. The van der Waals surface area contributed by atoms with Crippen LogP contribution in [0.5, 0.6) is 0 Å². The Balaban J connectivity index is 1.99. The molecule has 2 heterocycles. The molecule has 98 valence electrons. The van der Waals surface area contributed by atoms with Crippen molar-refractivity contribution in [3.63, 3.8) is 0 Å². The summed E-state index contributed by atoms with van der Waals surface area (Å²) >= 11 is 5.94. The van der Waals surface area contributed by atoms with Crippen LogP contribution in [0, 0.1) is 5.92 Å². The molecule has 1 fully saturated rings. The standard InChI is InChI=1S/C13H18ClN3O/c1-16-7-5-10(8-16)9-17(2)13(18)11-4-3-6-15-12(11)14/h3-4,6,10H,5,7-9H2,1-2H3. The van der Waals surface area contributed by atoms with Crippen LogP contribution in [0.1, 0.15) is 16.8 Å². The Bertz CT molecular complexity index is 438. The van der Waals surface area contributed by atoms with E-state index in [1.54, 1.807) is 23.2 Å². The quantitative estimate of drug-likeness (QED) is 0.783. The zero-order valence-corrected chi connectivity index (χ0v) is 11.5. The number of halogens is 1. The molecule has 0 aliphatic carbocycles. The first-order valence-corrected chi connectivity index (χ1v) is 6.50. The molecule has 0 saturated carbocycles. The minimum absolute atomic E-state index is 0.0531. The van der Waals surface area contributed by atoms with Crippen molar-refractivity contribution in [1.29, 1.82) is 0 Å². The molecule has 0 spiro atoms. The van der Waals surface area contributed by atoms with Gasteiger partial charge in [-0.25, -0.2) is 4.98 Å². The maximum Gasteiger partial charge on any atom is 0.256 e. The van der Waals surface area contributed by atoms with Gasteiger partial charge in [0.2, 0.25) is 0 Å². The highest BCUT2D eigenvalue weighted by Crippen LogP contribution is 2.18. The molecule has 1 saturated heterocycles. The van der Waals surface area contributed by atoms with Crippen LogP contribution in [-0.4, -0.2) is 54.4 Å². The fourth-order valence-corrected chi connectivity index (χ4v) is 2.60. The maximum atomic E-state index is 12.2. The summed E-state index contributed by atoms with van der Waals surface area (Å²) in [4.78, 5) is 20.2. The van der Waals surface area contributed by atoms with Gasteiger partial charge in [-0.05, 0) is 38.1 Å². The third kappa shape index (κ3) is 3.00.